The number of ether oxygens (including phenoxy) is 2. The molecule has 1 aromatic carbocycles. The van der Waals surface area contributed by atoms with E-state index in [-0.39, 0.29) is 16.6 Å². The number of hydrogen-bond donors (Lipinski definition) is 0. The van der Waals surface area contributed by atoms with Gasteiger partial charge < -0.3 is 14.0 Å². The van der Waals surface area contributed by atoms with Gasteiger partial charge in [0.1, 0.15) is 5.75 Å². The molecule has 3 heterocycles. The number of fused-ring (bicyclic) bond motifs is 1. The normalized spacial score (nSPS) is 11.3. The SMILES string of the molecule is Cc1cc(C(=O)COC(=O)c2c(Cl)nc3sccn23)c(C)n1-c1ccc(OC(F)F)cc1. The molecule has 0 saturated carbocycles. The molecule has 166 valence electrons. The van der Waals surface area contributed by atoms with Gasteiger partial charge in [0.15, 0.2) is 22.4 Å². The van der Waals surface area contributed by atoms with Crippen LogP contribution in [0.3, 0.4) is 0 Å². The smallest absolute Gasteiger partial charge is 0.387 e. The third-order valence-electron chi connectivity index (χ3n) is 4.80. The number of ketones is 1. The summed E-state index contributed by atoms with van der Waals surface area (Å²) in [7, 11) is 0. The van der Waals surface area contributed by atoms with E-state index in [1.165, 1.54) is 27.9 Å². The van der Waals surface area contributed by atoms with Crippen molar-refractivity contribution in [2.75, 3.05) is 6.61 Å². The van der Waals surface area contributed by atoms with E-state index in [0.29, 0.717) is 21.9 Å². The zero-order valence-corrected chi connectivity index (χ0v) is 18.4. The molecule has 7 nitrogen and oxygen atoms in total. The minimum Gasteiger partial charge on any atom is -0.453 e. The number of nitrogens with zero attached hydrogens (tertiary/aromatic N) is 3. The first kappa shape index (κ1) is 22.0. The summed E-state index contributed by atoms with van der Waals surface area (Å²) >= 11 is 7.34. The minimum atomic E-state index is -2.91. The van der Waals surface area contributed by atoms with Gasteiger partial charge in [-0.25, -0.2) is 9.78 Å². The minimum absolute atomic E-state index is 0.00625. The van der Waals surface area contributed by atoms with E-state index < -0.39 is 25.0 Å². The van der Waals surface area contributed by atoms with Crippen molar-refractivity contribution in [2.45, 2.75) is 20.5 Å². The van der Waals surface area contributed by atoms with Crippen LogP contribution in [0.2, 0.25) is 5.15 Å². The number of imidazole rings is 1. The zero-order chi connectivity index (χ0) is 23.0. The van der Waals surface area contributed by atoms with Gasteiger partial charge >= 0.3 is 12.6 Å². The Morgan fingerprint density at radius 2 is 1.94 bits per heavy atom. The summed E-state index contributed by atoms with van der Waals surface area (Å²) in [5.41, 5.74) is 2.48. The van der Waals surface area contributed by atoms with Gasteiger partial charge in [-0.2, -0.15) is 8.78 Å². The highest BCUT2D eigenvalue weighted by Crippen LogP contribution is 2.25. The lowest BCUT2D eigenvalue weighted by molar-refractivity contribution is -0.0498. The maximum absolute atomic E-state index is 12.8. The first-order valence-corrected chi connectivity index (χ1v) is 10.6. The molecular formula is C21H16ClF2N3O4S. The van der Waals surface area contributed by atoms with Crippen LogP contribution in [-0.2, 0) is 4.74 Å². The van der Waals surface area contributed by atoms with Crippen molar-refractivity contribution >= 4 is 39.7 Å². The molecule has 0 aliphatic carbocycles. The molecular weight excluding hydrogens is 464 g/mol. The Bertz CT molecular complexity index is 1310. The van der Waals surface area contributed by atoms with Gasteiger partial charge in [0.05, 0.1) is 0 Å². The number of carbonyl (C=O) groups is 2. The number of benzene rings is 1. The summed E-state index contributed by atoms with van der Waals surface area (Å²) in [6.45, 7) is 0.168. The lowest BCUT2D eigenvalue weighted by Crippen LogP contribution is -2.16. The van der Waals surface area contributed by atoms with Crippen molar-refractivity contribution < 1.29 is 27.8 Å². The van der Waals surface area contributed by atoms with Gasteiger partial charge in [-0.1, -0.05) is 11.6 Å². The predicted molar refractivity (Wildman–Crippen MR) is 115 cm³/mol. The number of carbonyl (C=O) groups excluding carboxylic acids is 2. The van der Waals surface area contributed by atoms with Crippen molar-refractivity contribution in [3.8, 4) is 11.4 Å². The van der Waals surface area contributed by atoms with Crippen LogP contribution in [-0.4, -0.2) is 38.9 Å². The average Bonchev–Trinajstić information content (AvgIpc) is 3.39. The largest absolute Gasteiger partial charge is 0.453 e. The molecule has 0 atom stereocenters. The van der Waals surface area contributed by atoms with Crippen molar-refractivity contribution in [1.82, 2.24) is 14.0 Å². The highest BCUT2D eigenvalue weighted by molar-refractivity contribution is 7.15. The molecule has 0 spiro atoms. The molecule has 11 heteroatoms. The summed E-state index contributed by atoms with van der Waals surface area (Å²) < 4.78 is 37.6. The van der Waals surface area contributed by atoms with Crippen LogP contribution in [0.15, 0.2) is 41.9 Å². The molecule has 0 radical (unpaired) electrons. The van der Waals surface area contributed by atoms with E-state index in [0.717, 1.165) is 5.69 Å². The molecule has 4 aromatic rings. The fraction of sp³-hybridized carbons (Fsp3) is 0.190. The van der Waals surface area contributed by atoms with Gasteiger partial charge in [-0.05, 0) is 44.2 Å². The van der Waals surface area contributed by atoms with Gasteiger partial charge in [0.25, 0.3) is 0 Å². The zero-order valence-electron chi connectivity index (χ0n) is 16.8. The molecule has 0 amide bonds. The Kier molecular flexibility index (Phi) is 5.98. The summed E-state index contributed by atoms with van der Waals surface area (Å²) in [5.74, 6) is -1.11. The van der Waals surface area contributed by atoms with E-state index in [9.17, 15) is 18.4 Å². The van der Waals surface area contributed by atoms with E-state index in [2.05, 4.69) is 9.72 Å². The van der Waals surface area contributed by atoms with Crippen LogP contribution in [0.1, 0.15) is 32.2 Å². The Morgan fingerprint density at radius 3 is 2.62 bits per heavy atom. The number of alkyl halides is 2. The second-order valence-corrected chi connectivity index (χ2v) is 8.03. The first-order chi connectivity index (χ1) is 15.3. The number of thiazole rings is 1. The molecule has 0 aliphatic heterocycles. The quantitative estimate of drug-likeness (QED) is 0.272. The second kappa shape index (κ2) is 8.71. The standard InChI is InChI=1S/C21H16ClF2N3O4S/c1-11-9-15(12(2)27(11)13-3-5-14(6-4-13)31-20(23)24)16(28)10-30-19(29)17-18(22)25-21-26(17)7-8-32-21/h3-9,20H,10H2,1-2H3. The summed E-state index contributed by atoms with van der Waals surface area (Å²) in [5, 5.41) is 1.76. The fourth-order valence-corrected chi connectivity index (χ4v) is 4.45. The Morgan fingerprint density at radius 1 is 1.22 bits per heavy atom. The van der Waals surface area contributed by atoms with E-state index in [1.54, 1.807) is 48.2 Å². The average molecular weight is 480 g/mol. The Hall–Kier alpha value is -3.24. The number of aryl methyl sites for hydroxylation is 1. The number of hydrogen-bond acceptors (Lipinski definition) is 6. The topological polar surface area (TPSA) is 74.8 Å². The summed E-state index contributed by atoms with van der Waals surface area (Å²) in [4.78, 5) is 29.9. The van der Waals surface area contributed by atoms with Crippen LogP contribution in [0.4, 0.5) is 8.78 Å². The van der Waals surface area contributed by atoms with Crippen molar-refractivity contribution in [3.63, 3.8) is 0 Å². The van der Waals surface area contributed by atoms with Crippen LogP contribution in [0, 0.1) is 13.8 Å². The van der Waals surface area contributed by atoms with Crippen LogP contribution >= 0.6 is 22.9 Å². The molecule has 3 aromatic heterocycles. The molecule has 0 fully saturated rings. The monoisotopic (exact) mass is 479 g/mol. The summed E-state index contributed by atoms with van der Waals surface area (Å²) in [6, 6.07) is 7.74. The van der Waals surface area contributed by atoms with Crippen molar-refractivity contribution in [2.24, 2.45) is 0 Å². The predicted octanol–water partition coefficient (Wildman–Crippen LogP) is 5.10. The maximum atomic E-state index is 12.8. The highest BCUT2D eigenvalue weighted by atomic mass is 35.5. The lowest BCUT2D eigenvalue weighted by Gasteiger charge is -2.11. The van der Waals surface area contributed by atoms with Crippen LogP contribution < -0.4 is 4.74 Å². The molecule has 0 unspecified atom stereocenters. The number of rotatable bonds is 7. The van der Waals surface area contributed by atoms with Crippen LogP contribution in [0.5, 0.6) is 5.75 Å². The number of aromatic nitrogens is 3. The first-order valence-electron chi connectivity index (χ1n) is 9.32. The molecule has 0 bridgehead atoms. The number of Topliss-reactive ketones (excluding diaryl/α,β-unsaturated/α-hetero) is 1. The molecule has 32 heavy (non-hydrogen) atoms. The molecule has 0 N–H and O–H groups in total. The highest BCUT2D eigenvalue weighted by Gasteiger charge is 2.23. The number of esters is 1. The van der Waals surface area contributed by atoms with E-state index >= 15 is 0 Å². The third kappa shape index (κ3) is 4.11. The van der Waals surface area contributed by atoms with Crippen LogP contribution in [0.25, 0.3) is 10.6 Å². The summed E-state index contributed by atoms with van der Waals surface area (Å²) in [6.07, 6.45) is 1.64. The van der Waals surface area contributed by atoms with Gasteiger partial charge in [-0.3, -0.25) is 9.20 Å². The van der Waals surface area contributed by atoms with Gasteiger partial charge in [-0.15, -0.1) is 11.3 Å². The Labute approximate surface area is 189 Å². The molecule has 4 rings (SSSR count). The van der Waals surface area contributed by atoms with Gasteiger partial charge in [0, 0.05) is 34.2 Å². The second-order valence-electron chi connectivity index (χ2n) is 6.80. The van der Waals surface area contributed by atoms with E-state index in [1.807, 2.05) is 0 Å². The van der Waals surface area contributed by atoms with E-state index in [4.69, 9.17) is 16.3 Å². The maximum Gasteiger partial charge on any atom is 0.387 e. The Balaban J connectivity index is 1.50. The van der Waals surface area contributed by atoms with Crippen molar-refractivity contribution in [1.29, 1.82) is 0 Å². The van der Waals surface area contributed by atoms with Gasteiger partial charge in [0.2, 0.25) is 5.78 Å². The molecule has 0 saturated heterocycles. The fourth-order valence-electron chi connectivity index (χ4n) is 3.44. The molecule has 0 aliphatic rings. The lowest BCUT2D eigenvalue weighted by atomic mass is 10.1. The van der Waals surface area contributed by atoms with Crippen molar-refractivity contribution in [3.05, 3.63) is 69.7 Å². The third-order valence-corrected chi connectivity index (χ3v) is 5.82. The number of halogens is 3.